The summed E-state index contributed by atoms with van der Waals surface area (Å²) in [5.41, 5.74) is 2.26. The zero-order chi connectivity index (χ0) is 13.4. The van der Waals surface area contributed by atoms with Crippen LogP contribution in [-0.2, 0) is 18.4 Å². The number of hydrogen-bond donors (Lipinski definition) is 1. The Morgan fingerprint density at radius 2 is 2.00 bits per heavy atom. The van der Waals surface area contributed by atoms with Gasteiger partial charge in [-0.3, -0.25) is 14.4 Å². The summed E-state index contributed by atoms with van der Waals surface area (Å²) < 4.78 is 1.83. The van der Waals surface area contributed by atoms with Crippen molar-refractivity contribution in [3.8, 4) is 0 Å². The number of carboxylic acids is 1. The lowest BCUT2D eigenvalue weighted by Crippen LogP contribution is -2.47. The second kappa shape index (κ2) is 4.49. The molecule has 5 heteroatoms. The highest BCUT2D eigenvalue weighted by atomic mass is 16.4. The van der Waals surface area contributed by atoms with Crippen LogP contribution in [0.1, 0.15) is 30.8 Å². The highest BCUT2D eigenvalue weighted by molar-refractivity contribution is 5.77. The van der Waals surface area contributed by atoms with Crippen LogP contribution < -0.4 is 0 Å². The lowest BCUT2D eigenvalue weighted by Gasteiger charge is -2.31. The van der Waals surface area contributed by atoms with Crippen molar-refractivity contribution < 1.29 is 9.90 Å². The first kappa shape index (κ1) is 13.7. The van der Waals surface area contributed by atoms with E-state index in [9.17, 15) is 9.90 Å². The maximum Gasteiger partial charge on any atom is 0.323 e. The quantitative estimate of drug-likeness (QED) is 0.861. The molecular weight excluding hydrogens is 218 g/mol. The fourth-order valence-corrected chi connectivity index (χ4v) is 1.64. The van der Waals surface area contributed by atoms with Gasteiger partial charge in [-0.1, -0.05) is 0 Å². The second-order valence-corrected chi connectivity index (χ2v) is 4.99. The SMILES string of the molecule is Cc1nn(C)c(C)c1CN(C)C(C)(C)C(=O)O. The third-order valence-corrected chi connectivity index (χ3v) is 3.53. The van der Waals surface area contributed by atoms with Crippen LogP contribution in [-0.4, -0.2) is 38.3 Å². The van der Waals surface area contributed by atoms with E-state index in [4.69, 9.17) is 0 Å². The minimum absolute atomic E-state index is 0.588. The van der Waals surface area contributed by atoms with E-state index in [0.29, 0.717) is 6.54 Å². The monoisotopic (exact) mass is 239 g/mol. The molecule has 0 aliphatic rings. The van der Waals surface area contributed by atoms with Gasteiger partial charge in [0.25, 0.3) is 0 Å². The number of nitrogens with zero attached hydrogens (tertiary/aromatic N) is 3. The number of aryl methyl sites for hydroxylation is 2. The molecule has 0 saturated heterocycles. The van der Waals surface area contributed by atoms with Crippen LogP contribution in [0, 0.1) is 13.8 Å². The number of rotatable bonds is 4. The molecular formula is C12H21N3O2. The number of carboxylic acid groups (broad SMARTS) is 1. The minimum atomic E-state index is -0.880. The Balaban J connectivity index is 2.96. The van der Waals surface area contributed by atoms with E-state index >= 15 is 0 Å². The van der Waals surface area contributed by atoms with Crippen molar-refractivity contribution >= 4 is 5.97 Å². The van der Waals surface area contributed by atoms with Crippen molar-refractivity contribution in [2.45, 2.75) is 39.8 Å². The zero-order valence-electron chi connectivity index (χ0n) is 11.4. The summed E-state index contributed by atoms with van der Waals surface area (Å²) in [5.74, 6) is -0.820. The summed E-state index contributed by atoms with van der Waals surface area (Å²) in [6.45, 7) is 7.94. The third-order valence-electron chi connectivity index (χ3n) is 3.53. The molecule has 0 fully saturated rings. The van der Waals surface area contributed by atoms with Gasteiger partial charge in [0.05, 0.1) is 5.69 Å². The predicted octanol–water partition coefficient (Wildman–Crippen LogP) is 1.33. The van der Waals surface area contributed by atoms with E-state index in [2.05, 4.69) is 5.10 Å². The first-order valence-corrected chi connectivity index (χ1v) is 5.61. The van der Waals surface area contributed by atoms with E-state index in [1.165, 1.54) is 0 Å². The molecule has 0 aromatic carbocycles. The molecule has 5 nitrogen and oxygen atoms in total. The molecule has 0 aliphatic heterocycles. The highest BCUT2D eigenvalue weighted by Crippen LogP contribution is 2.20. The Bertz CT molecular complexity index is 435. The van der Waals surface area contributed by atoms with E-state index in [1.54, 1.807) is 13.8 Å². The van der Waals surface area contributed by atoms with Crippen molar-refractivity contribution in [2.75, 3.05) is 7.05 Å². The van der Waals surface area contributed by atoms with Crippen LogP contribution in [0.5, 0.6) is 0 Å². The standard InChI is InChI=1S/C12H21N3O2/c1-8-10(9(2)15(6)13-8)7-14(5)12(3,4)11(16)17/h7H2,1-6H3,(H,16,17). The van der Waals surface area contributed by atoms with Crippen LogP contribution in [0.2, 0.25) is 0 Å². The fourth-order valence-electron chi connectivity index (χ4n) is 1.64. The van der Waals surface area contributed by atoms with Crippen LogP contribution in [0.4, 0.5) is 0 Å². The number of likely N-dealkylation sites (N-methyl/N-ethyl adjacent to an activating group) is 1. The molecule has 1 rings (SSSR count). The van der Waals surface area contributed by atoms with Gasteiger partial charge in [0.1, 0.15) is 5.54 Å². The van der Waals surface area contributed by atoms with Gasteiger partial charge in [0.2, 0.25) is 0 Å². The first-order valence-electron chi connectivity index (χ1n) is 5.61. The number of carbonyl (C=O) groups is 1. The molecule has 1 aromatic rings. The average molecular weight is 239 g/mol. The molecule has 0 radical (unpaired) electrons. The molecule has 96 valence electrons. The van der Waals surface area contributed by atoms with Gasteiger partial charge < -0.3 is 5.11 Å². The van der Waals surface area contributed by atoms with Crippen molar-refractivity contribution in [1.29, 1.82) is 0 Å². The van der Waals surface area contributed by atoms with E-state index in [0.717, 1.165) is 17.0 Å². The molecule has 1 heterocycles. The Morgan fingerprint density at radius 1 is 1.47 bits per heavy atom. The van der Waals surface area contributed by atoms with Gasteiger partial charge >= 0.3 is 5.97 Å². The Labute approximate surface area is 102 Å². The van der Waals surface area contributed by atoms with Crippen molar-refractivity contribution in [3.63, 3.8) is 0 Å². The lowest BCUT2D eigenvalue weighted by atomic mass is 10.0. The maximum atomic E-state index is 11.2. The topological polar surface area (TPSA) is 58.4 Å². The smallest absolute Gasteiger partial charge is 0.323 e. The number of aliphatic carboxylic acids is 1. The Morgan fingerprint density at radius 3 is 2.35 bits per heavy atom. The molecule has 0 spiro atoms. The van der Waals surface area contributed by atoms with Gasteiger partial charge in [0.15, 0.2) is 0 Å². The minimum Gasteiger partial charge on any atom is -0.480 e. The average Bonchev–Trinajstić information content (AvgIpc) is 2.44. The van der Waals surface area contributed by atoms with Crippen LogP contribution in [0.15, 0.2) is 0 Å². The summed E-state index contributed by atoms with van der Waals surface area (Å²) in [5, 5.41) is 13.5. The zero-order valence-corrected chi connectivity index (χ0v) is 11.4. The maximum absolute atomic E-state index is 11.2. The highest BCUT2D eigenvalue weighted by Gasteiger charge is 2.32. The number of hydrogen-bond acceptors (Lipinski definition) is 3. The molecule has 0 atom stereocenters. The van der Waals surface area contributed by atoms with E-state index < -0.39 is 11.5 Å². The van der Waals surface area contributed by atoms with Gasteiger partial charge in [-0.2, -0.15) is 5.10 Å². The van der Waals surface area contributed by atoms with Crippen molar-refractivity contribution in [3.05, 3.63) is 17.0 Å². The second-order valence-electron chi connectivity index (χ2n) is 4.99. The molecule has 0 unspecified atom stereocenters. The summed E-state index contributed by atoms with van der Waals surface area (Å²) in [7, 11) is 3.72. The third kappa shape index (κ3) is 2.49. The molecule has 1 aromatic heterocycles. The van der Waals surface area contributed by atoms with Crippen LogP contribution in [0.25, 0.3) is 0 Å². The molecule has 1 N–H and O–H groups in total. The van der Waals surface area contributed by atoms with E-state index in [-0.39, 0.29) is 0 Å². The summed E-state index contributed by atoms with van der Waals surface area (Å²) >= 11 is 0. The molecule has 0 amide bonds. The molecule has 0 bridgehead atoms. The first-order chi connectivity index (χ1) is 7.67. The number of aromatic nitrogens is 2. The van der Waals surface area contributed by atoms with Gasteiger partial charge in [-0.05, 0) is 34.7 Å². The summed E-state index contributed by atoms with van der Waals surface area (Å²) in [6, 6.07) is 0. The Hall–Kier alpha value is -1.36. The van der Waals surface area contributed by atoms with Crippen molar-refractivity contribution in [1.82, 2.24) is 14.7 Å². The predicted molar refractivity (Wildman–Crippen MR) is 65.9 cm³/mol. The van der Waals surface area contributed by atoms with E-state index in [1.807, 2.05) is 37.5 Å². The normalized spacial score (nSPS) is 12.2. The van der Waals surface area contributed by atoms with Crippen LogP contribution >= 0.6 is 0 Å². The van der Waals surface area contributed by atoms with Crippen LogP contribution in [0.3, 0.4) is 0 Å². The lowest BCUT2D eigenvalue weighted by molar-refractivity contribution is -0.148. The van der Waals surface area contributed by atoms with Gasteiger partial charge in [-0.15, -0.1) is 0 Å². The van der Waals surface area contributed by atoms with Crippen molar-refractivity contribution in [2.24, 2.45) is 7.05 Å². The Kier molecular flexibility index (Phi) is 3.62. The fraction of sp³-hybridized carbons (Fsp3) is 0.667. The molecule has 0 saturated carbocycles. The van der Waals surface area contributed by atoms with Gasteiger partial charge in [-0.25, -0.2) is 0 Å². The van der Waals surface area contributed by atoms with Gasteiger partial charge in [0, 0.05) is 24.8 Å². The molecule has 17 heavy (non-hydrogen) atoms. The summed E-state index contributed by atoms with van der Waals surface area (Å²) in [4.78, 5) is 13.0. The largest absolute Gasteiger partial charge is 0.480 e. The summed E-state index contributed by atoms with van der Waals surface area (Å²) in [6.07, 6.45) is 0. The molecule has 0 aliphatic carbocycles.